The van der Waals surface area contributed by atoms with Crippen molar-refractivity contribution in [2.45, 2.75) is 19.8 Å². The summed E-state index contributed by atoms with van der Waals surface area (Å²) >= 11 is 0. The zero-order valence-corrected chi connectivity index (χ0v) is 10.6. The van der Waals surface area contributed by atoms with Gasteiger partial charge in [0.05, 0.1) is 5.84 Å². The van der Waals surface area contributed by atoms with Crippen molar-refractivity contribution in [2.75, 3.05) is 18.0 Å². The third-order valence-electron chi connectivity index (χ3n) is 2.44. The molecule has 2 amide bonds. The molecule has 0 aliphatic heterocycles. The smallest absolute Gasteiger partial charge is 0.321 e. The molecule has 0 unspecified atom stereocenters. The van der Waals surface area contributed by atoms with Crippen LogP contribution < -0.4 is 16.0 Å². The number of carbonyl (C=O) groups excluding carboxylic acids is 1. The second-order valence-electron chi connectivity index (χ2n) is 3.99. The molecule has 0 radical (unpaired) electrons. The monoisotopic (exact) mass is 248 g/mol. The van der Waals surface area contributed by atoms with E-state index in [4.69, 9.17) is 11.1 Å². The minimum Gasteiger partial charge on any atom is -0.388 e. The molecule has 0 saturated heterocycles. The van der Waals surface area contributed by atoms with Crippen molar-refractivity contribution in [3.63, 3.8) is 0 Å². The molecule has 98 valence electrons. The highest BCUT2D eigenvalue weighted by molar-refractivity contribution is 5.92. The number of hydrogen-bond acceptors (Lipinski definition) is 2. The fourth-order valence-electron chi connectivity index (χ4n) is 1.52. The molecule has 0 atom stereocenters. The first-order valence-corrected chi connectivity index (χ1v) is 6.08. The van der Waals surface area contributed by atoms with Crippen LogP contribution in [-0.4, -0.2) is 25.0 Å². The molecule has 5 nitrogen and oxygen atoms in total. The number of anilines is 1. The Morgan fingerprint density at radius 3 is 2.61 bits per heavy atom. The van der Waals surface area contributed by atoms with Crippen LogP contribution in [0.1, 0.15) is 19.8 Å². The van der Waals surface area contributed by atoms with Crippen LogP contribution in [0, 0.1) is 5.41 Å². The maximum Gasteiger partial charge on any atom is 0.321 e. The highest BCUT2D eigenvalue weighted by Gasteiger charge is 2.14. The van der Waals surface area contributed by atoms with Gasteiger partial charge < -0.3 is 11.1 Å². The first-order chi connectivity index (χ1) is 8.65. The quantitative estimate of drug-likeness (QED) is 0.531. The molecule has 0 heterocycles. The van der Waals surface area contributed by atoms with Gasteiger partial charge in [-0.3, -0.25) is 10.3 Å². The summed E-state index contributed by atoms with van der Waals surface area (Å²) in [6.45, 7) is 3.06. The fraction of sp³-hybridized carbons (Fsp3) is 0.385. The van der Waals surface area contributed by atoms with E-state index in [9.17, 15) is 4.79 Å². The van der Waals surface area contributed by atoms with Crippen molar-refractivity contribution in [3.05, 3.63) is 30.3 Å². The van der Waals surface area contributed by atoms with E-state index in [1.165, 1.54) is 0 Å². The van der Waals surface area contributed by atoms with Crippen LogP contribution in [0.4, 0.5) is 10.5 Å². The number of nitrogens with one attached hydrogen (secondary N) is 2. The Morgan fingerprint density at radius 1 is 1.39 bits per heavy atom. The summed E-state index contributed by atoms with van der Waals surface area (Å²) in [5.74, 6) is 0.0826. The molecular weight excluding hydrogens is 228 g/mol. The third kappa shape index (κ3) is 4.45. The molecule has 18 heavy (non-hydrogen) atoms. The van der Waals surface area contributed by atoms with Crippen molar-refractivity contribution in [2.24, 2.45) is 5.73 Å². The van der Waals surface area contributed by atoms with Gasteiger partial charge in [-0.2, -0.15) is 0 Å². The Labute approximate surface area is 107 Å². The molecule has 1 aromatic rings. The van der Waals surface area contributed by atoms with Crippen molar-refractivity contribution >= 4 is 17.6 Å². The van der Waals surface area contributed by atoms with Gasteiger partial charge in [0, 0.05) is 25.2 Å². The molecule has 1 rings (SSSR count). The maximum absolute atomic E-state index is 12.0. The molecule has 0 aliphatic carbocycles. The lowest BCUT2D eigenvalue weighted by Crippen LogP contribution is -2.41. The van der Waals surface area contributed by atoms with Gasteiger partial charge in [0.25, 0.3) is 0 Å². The number of urea groups is 1. The second-order valence-corrected chi connectivity index (χ2v) is 3.99. The van der Waals surface area contributed by atoms with E-state index in [-0.39, 0.29) is 11.9 Å². The Balaban J connectivity index is 2.74. The summed E-state index contributed by atoms with van der Waals surface area (Å²) < 4.78 is 0. The Hall–Kier alpha value is -2.04. The largest absolute Gasteiger partial charge is 0.388 e. The fourth-order valence-corrected chi connectivity index (χ4v) is 1.52. The minimum absolute atomic E-state index is 0.0826. The molecule has 0 saturated carbocycles. The summed E-state index contributed by atoms with van der Waals surface area (Å²) in [6, 6.07) is 9.24. The predicted octanol–water partition coefficient (Wildman–Crippen LogP) is 1.94. The van der Waals surface area contributed by atoms with Crippen LogP contribution in [0.25, 0.3) is 0 Å². The Bertz CT molecular complexity index is 391. The van der Waals surface area contributed by atoms with Crippen molar-refractivity contribution in [3.8, 4) is 0 Å². The number of rotatable bonds is 6. The van der Waals surface area contributed by atoms with Gasteiger partial charge in [0.1, 0.15) is 0 Å². The lowest BCUT2D eigenvalue weighted by molar-refractivity contribution is 0.246. The number of benzene rings is 1. The van der Waals surface area contributed by atoms with E-state index in [1.54, 1.807) is 4.90 Å². The molecule has 0 bridgehead atoms. The number of nitrogens with two attached hydrogens (primary N) is 1. The summed E-state index contributed by atoms with van der Waals surface area (Å²) in [7, 11) is 0. The number of hydrogen-bond donors (Lipinski definition) is 3. The van der Waals surface area contributed by atoms with Crippen LogP contribution in [-0.2, 0) is 0 Å². The third-order valence-corrected chi connectivity index (χ3v) is 2.44. The van der Waals surface area contributed by atoms with E-state index < -0.39 is 0 Å². The van der Waals surface area contributed by atoms with Crippen LogP contribution in [0.15, 0.2) is 30.3 Å². The molecule has 4 N–H and O–H groups in total. The van der Waals surface area contributed by atoms with Crippen molar-refractivity contribution in [1.82, 2.24) is 5.32 Å². The number of nitrogens with zero attached hydrogens (tertiary/aromatic N) is 1. The maximum atomic E-state index is 12.0. The van der Waals surface area contributed by atoms with Gasteiger partial charge in [-0.05, 0) is 18.6 Å². The van der Waals surface area contributed by atoms with Gasteiger partial charge >= 0.3 is 6.03 Å². The van der Waals surface area contributed by atoms with E-state index >= 15 is 0 Å². The second kappa shape index (κ2) is 7.32. The zero-order valence-electron chi connectivity index (χ0n) is 10.6. The molecule has 0 spiro atoms. The molecule has 0 aliphatic rings. The summed E-state index contributed by atoms with van der Waals surface area (Å²) in [6.07, 6.45) is 1.26. The van der Waals surface area contributed by atoms with E-state index in [0.29, 0.717) is 19.5 Å². The Kier molecular flexibility index (Phi) is 5.70. The van der Waals surface area contributed by atoms with Gasteiger partial charge in [0.15, 0.2) is 0 Å². The number of carbonyl (C=O) groups is 1. The molecular formula is C13H20N4O. The highest BCUT2D eigenvalue weighted by Crippen LogP contribution is 2.13. The van der Waals surface area contributed by atoms with Crippen molar-refractivity contribution in [1.29, 1.82) is 5.41 Å². The molecule has 0 fully saturated rings. The normalized spacial score (nSPS) is 9.83. The zero-order chi connectivity index (χ0) is 13.4. The summed E-state index contributed by atoms with van der Waals surface area (Å²) in [5, 5.41) is 10.1. The van der Waals surface area contributed by atoms with E-state index in [2.05, 4.69) is 5.32 Å². The summed E-state index contributed by atoms with van der Waals surface area (Å²) in [5.41, 5.74) is 6.16. The van der Waals surface area contributed by atoms with Gasteiger partial charge in [0.2, 0.25) is 0 Å². The van der Waals surface area contributed by atoms with Crippen LogP contribution >= 0.6 is 0 Å². The van der Waals surface area contributed by atoms with Gasteiger partial charge in [-0.15, -0.1) is 0 Å². The first kappa shape index (κ1) is 14.0. The lowest BCUT2D eigenvalue weighted by Gasteiger charge is -2.22. The standard InChI is InChI=1S/C13H20N4O/c1-2-9-16-13(18)17(10-8-12(14)15)11-6-4-3-5-7-11/h3-7H,2,8-10H2,1H3,(H3,14,15)(H,16,18). The lowest BCUT2D eigenvalue weighted by atomic mass is 10.2. The predicted molar refractivity (Wildman–Crippen MR) is 74.0 cm³/mol. The molecule has 1 aromatic carbocycles. The van der Waals surface area contributed by atoms with Crippen LogP contribution in [0.2, 0.25) is 0 Å². The number of amides is 2. The average Bonchev–Trinajstić information content (AvgIpc) is 2.37. The highest BCUT2D eigenvalue weighted by atomic mass is 16.2. The summed E-state index contributed by atoms with van der Waals surface area (Å²) in [4.78, 5) is 13.6. The molecule has 5 heteroatoms. The number of amidine groups is 1. The topological polar surface area (TPSA) is 82.2 Å². The van der Waals surface area contributed by atoms with Crippen LogP contribution in [0.5, 0.6) is 0 Å². The van der Waals surface area contributed by atoms with Gasteiger partial charge in [-0.25, -0.2) is 4.79 Å². The van der Waals surface area contributed by atoms with Gasteiger partial charge in [-0.1, -0.05) is 25.1 Å². The number of para-hydroxylation sites is 1. The Morgan fingerprint density at radius 2 is 2.06 bits per heavy atom. The van der Waals surface area contributed by atoms with Crippen LogP contribution in [0.3, 0.4) is 0 Å². The SMILES string of the molecule is CCCNC(=O)N(CCC(=N)N)c1ccccc1. The van der Waals surface area contributed by atoms with E-state index in [0.717, 1.165) is 12.1 Å². The van der Waals surface area contributed by atoms with Crippen molar-refractivity contribution < 1.29 is 4.79 Å². The first-order valence-electron chi connectivity index (χ1n) is 6.08. The van der Waals surface area contributed by atoms with E-state index in [1.807, 2.05) is 37.3 Å². The molecule has 0 aromatic heterocycles. The average molecular weight is 248 g/mol. The minimum atomic E-state index is -0.149.